The number of anilines is 2. The van der Waals surface area contributed by atoms with E-state index < -0.39 is 0 Å². The summed E-state index contributed by atoms with van der Waals surface area (Å²) < 4.78 is 6.61. The second-order valence-electron chi connectivity index (χ2n) is 11.1. The van der Waals surface area contributed by atoms with Gasteiger partial charge in [0.25, 0.3) is 0 Å². The normalized spacial score (nSPS) is 13.6. The van der Waals surface area contributed by atoms with Crippen molar-refractivity contribution in [1.82, 2.24) is 0 Å². The molecule has 2 nitrogen and oxygen atoms in total. The van der Waals surface area contributed by atoms with Crippen LogP contribution in [0.25, 0.3) is 55.0 Å². The van der Waals surface area contributed by atoms with E-state index in [-0.39, 0.29) is 5.41 Å². The zero-order valence-electron chi connectivity index (χ0n) is 22.0. The van der Waals surface area contributed by atoms with Crippen LogP contribution in [0.2, 0.25) is 0 Å². The van der Waals surface area contributed by atoms with Crippen molar-refractivity contribution >= 4 is 44.1 Å². The van der Waals surface area contributed by atoms with Crippen LogP contribution in [0.3, 0.4) is 0 Å². The van der Waals surface area contributed by atoms with Gasteiger partial charge >= 0.3 is 0 Å². The predicted octanol–water partition coefficient (Wildman–Crippen LogP) is 10.5. The third-order valence-electron chi connectivity index (χ3n) is 8.42. The summed E-state index contributed by atoms with van der Waals surface area (Å²) in [5, 5.41) is 8.41. The SMILES string of the molecule is CC1(C)c2ccccc2-c2cccc(Nc3cccc(-c4cccc5c4oc4c6ccccc6ccc54)c3)c21. The number of fused-ring (bicyclic) bond motifs is 8. The highest BCUT2D eigenvalue weighted by atomic mass is 16.3. The molecule has 7 aromatic rings. The smallest absolute Gasteiger partial charge is 0.143 e. The Hall–Kier alpha value is -4.82. The van der Waals surface area contributed by atoms with E-state index in [4.69, 9.17) is 4.42 Å². The molecule has 0 radical (unpaired) electrons. The van der Waals surface area contributed by atoms with Gasteiger partial charge in [-0.3, -0.25) is 0 Å². The lowest BCUT2D eigenvalue weighted by Crippen LogP contribution is -2.16. The van der Waals surface area contributed by atoms with Gasteiger partial charge in [-0.2, -0.15) is 0 Å². The maximum absolute atomic E-state index is 6.61. The molecule has 8 rings (SSSR count). The molecule has 1 aromatic heterocycles. The van der Waals surface area contributed by atoms with E-state index in [1.807, 2.05) is 0 Å². The Morgan fingerprint density at radius 1 is 0.564 bits per heavy atom. The van der Waals surface area contributed by atoms with Crippen molar-refractivity contribution < 1.29 is 4.42 Å². The van der Waals surface area contributed by atoms with Crippen molar-refractivity contribution in [1.29, 1.82) is 0 Å². The Kier molecular flexibility index (Phi) is 4.60. The molecule has 1 aliphatic rings. The van der Waals surface area contributed by atoms with Gasteiger partial charge in [-0.15, -0.1) is 0 Å². The summed E-state index contributed by atoms with van der Waals surface area (Å²) in [6.45, 7) is 4.65. The van der Waals surface area contributed by atoms with Crippen LogP contribution >= 0.6 is 0 Å². The molecule has 0 bridgehead atoms. The van der Waals surface area contributed by atoms with E-state index in [0.29, 0.717) is 0 Å². The third kappa shape index (κ3) is 3.21. The maximum Gasteiger partial charge on any atom is 0.143 e. The summed E-state index contributed by atoms with van der Waals surface area (Å²) in [7, 11) is 0. The molecule has 0 aliphatic heterocycles. The van der Waals surface area contributed by atoms with Gasteiger partial charge in [0.15, 0.2) is 0 Å². The molecule has 0 fully saturated rings. The fourth-order valence-corrected chi connectivity index (χ4v) is 6.63. The number of hydrogen-bond donors (Lipinski definition) is 1. The maximum atomic E-state index is 6.61. The summed E-state index contributed by atoms with van der Waals surface area (Å²) in [4.78, 5) is 0. The van der Waals surface area contributed by atoms with Crippen LogP contribution in [0, 0.1) is 0 Å². The van der Waals surface area contributed by atoms with Crippen LogP contribution in [0.4, 0.5) is 11.4 Å². The number of hydrogen-bond acceptors (Lipinski definition) is 2. The third-order valence-corrected chi connectivity index (χ3v) is 8.42. The first-order chi connectivity index (χ1) is 19.1. The molecule has 2 heteroatoms. The minimum Gasteiger partial charge on any atom is -0.455 e. The van der Waals surface area contributed by atoms with Gasteiger partial charge < -0.3 is 9.73 Å². The van der Waals surface area contributed by atoms with Crippen molar-refractivity contribution in [2.45, 2.75) is 19.3 Å². The Balaban J connectivity index is 1.24. The topological polar surface area (TPSA) is 25.2 Å². The average Bonchev–Trinajstić information content (AvgIpc) is 3.47. The number of nitrogens with one attached hydrogen (secondary N) is 1. The molecule has 1 heterocycles. The number of benzene rings is 6. The first-order valence-corrected chi connectivity index (χ1v) is 13.5. The molecule has 0 saturated carbocycles. The zero-order valence-corrected chi connectivity index (χ0v) is 22.0. The monoisotopic (exact) mass is 501 g/mol. The molecular formula is C37H27NO. The minimum atomic E-state index is -0.0736. The molecule has 6 aromatic carbocycles. The Bertz CT molecular complexity index is 2080. The Morgan fingerprint density at radius 2 is 1.28 bits per heavy atom. The molecule has 0 spiro atoms. The number of para-hydroxylation sites is 1. The first kappa shape index (κ1) is 22.2. The highest BCUT2D eigenvalue weighted by Gasteiger charge is 2.37. The van der Waals surface area contributed by atoms with Crippen LogP contribution in [0.15, 0.2) is 126 Å². The van der Waals surface area contributed by atoms with Gasteiger partial charge in [0, 0.05) is 38.5 Å². The van der Waals surface area contributed by atoms with Crippen LogP contribution in [0.5, 0.6) is 0 Å². The van der Waals surface area contributed by atoms with Crippen LogP contribution in [0.1, 0.15) is 25.0 Å². The van der Waals surface area contributed by atoms with E-state index in [1.54, 1.807) is 0 Å². The van der Waals surface area contributed by atoms with Gasteiger partial charge in [-0.1, -0.05) is 111 Å². The molecule has 1 aliphatic carbocycles. The van der Waals surface area contributed by atoms with Gasteiger partial charge in [0.05, 0.1) is 0 Å². The largest absolute Gasteiger partial charge is 0.455 e. The van der Waals surface area contributed by atoms with Crippen molar-refractivity contribution in [3.05, 3.63) is 132 Å². The standard InChI is InChI=1S/C37H27NO/c1-37(2)32-18-6-5-14-28(32)29-16-9-19-33(34(29)37)38-25-12-7-11-24(22-25)27-15-8-17-30-31-21-20-23-10-3-4-13-26(23)35(31)39-36(27)30/h3-22,38H,1-2H3. The lowest BCUT2D eigenvalue weighted by Gasteiger charge is -2.25. The van der Waals surface area contributed by atoms with E-state index in [1.165, 1.54) is 27.6 Å². The molecule has 39 heavy (non-hydrogen) atoms. The molecule has 0 unspecified atom stereocenters. The van der Waals surface area contributed by atoms with Crippen molar-refractivity contribution in [2.24, 2.45) is 0 Å². The Labute approximate surface area is 227 Å². The lowest BCUT2D eigenvalue weighted by molar-refractivity contribution is 0.662. The lowest BCUT2D eigenvalue weighted by atomic mass is 9.81. The van der Waals surface area contributed by atoms with E-state index in [9.17, 15) is 0 Å². The zero-order chi connectivity index (χ0) is 26.1. The number of rotatable bonds is 3. The van der Waals surface area contributed by atoms with E-state index in [0.717, 1.165) is 49.8 Å². The molecular weight excluding hydrogens is 474 g/mol. The molecule has 186 valence electrons. The van der Waals surface area contributed by atoms with Crippen molar-refractivity contribution in [2.75, 3.05) is 5.32 Å². The summed E-state index contributed by atoms with van der Waals surface area (Å²) in [5.74, 6) is 0. The van der Waals surface area contributed by atoms with Gasteiger partial charge in [0.1, 0.15) is 11.2 Å². The molecule has 1 N–H and O–H groups in total. The predicted molar refractivity (Wildman–Crippen MR) is 164 cm³/mol. The van der Waals surface area contributed by atoms with Crippen LogP contribution < -0.4 is 5.32 Å². The highest BCUT2D eigenvalue weighted by Crippen LogP contribution is 2.51. The van der Waals surface area contributed by atoms with Gasteiger partial charge in [-0.05, 0) is 57.5 Å². The fourth-order valence-electron chi connectivity index (χ4n) is 6.63. The fraction of sp³-hybridized carbons (Fsp3) is 0.0811. The van der Waals surface area contributed by atoms with Gasteiger partial charge in [0.2, 0.25) is 0 Å². The molecule has 0 amide bonds. The summed E-state index contributed by atoms with van der Waals surface area (Å²) in [5.41, 5.74) is 11.6. The number of furan rings is 1. The Morgan fingerprint density at radius 3 is 2.23 bits per heavy atom. The van der Waals surface area contributed by atoms with Crippen molar-refractivity contribution in [3.63, 3.8) is 0 Å². The van der Waals surface area contributed by atoms with Gasteiger partial charge in [-0.25, -0.2) is 0 Å². The molecule has 0 saturated heterocycles. The summed E-state index contributed by atoms with van der Waals surface area (Å²) in [6.07, 6.45) is 0. The van der Waals surface area contributed by atoms with E-state index >= 15 is 0 Å². The van der Waals surface area contributed by atoms with Crippen molar-refractivity contribution in [3.8, 4) is 22.3 Å². The van der Waals surface area contributed by atoms with Crippen LogP contribution in [-0.2, 0) is 5.41 Å². The first-order valence-electron chi connectivity index (χ1n) is 13.5. The second kappa shape index (κ2) is 8.09. The summed E-state index contributed by atoms with van der Waals surface area (Å²) in [6, 6.07) is 43.3. The molecule has 0 atom stereocenters. The quantitative estimate of drug-likeness (QED) is 0.260. The minimum absolute atomic E-state index is 0.0736. The highest BCUT2D eigenvalue weighted by molar-refractivity contribution is 6.17. The van der Waals surface area contributed by atoms with E-state index in [2.05, 4.69) is 140 Å². The van der Waals surface area contributed by atoms with Crippen LogP contribution in [-0.4, -0.2) is 0 Å². The summed E-state index contributed by atoms with van der Waals surface area (Å²) >= 11 is 0. The average molecular weight is 502 g/mol. The second-order valence-corrected chi connectivity index (χ2v) is 11.1.